The highest BCUT2D eigenvalue weighted by Crippen LogP contribution is 2.28. The number of esters is 1. The Labute approximate surface area is 198 Å². The first-order valence-electron chi connectivity index (χ1n) is 10.7. The number of rotatable bonds is 11. The standard InChI is InChI=1S/C25H27NO6S/c27-13-15-30-20-9-3-8-19(16-20)23(12-5-14-31-24(28)17-33)32-25(29)26-22-11-4-7-18-6-1-2-10-21(18)22/h1-4,6-11,16,23,27,33H,5,12-15,17H2,(H,26,29)/t23-/m1/s1. The molecule has 0 bridgehead atoms. The molecule has 3 aromatic carbocycles. The molecular formula is C25H27NO6S. The molecule has 33 heavy (non-hydrogen) atoms. The molecule has 174 valence electrons. The average Bonchev–Trinajstić information content (AvgIpc) is 2.84. The molecule has 0 saturated heterocycles. The predicted molar refractivity (Wildman–Crippen MR) is 130 cm³/mol. The number of anilines is 1. The van der Waals surface area contributed by atoms with Gasteiger partial charge in [-0.2, -0.15) is 12.6 Å². The van der Waals surface area contributed by atoms with Crippen LogP contribution in [0.2, 0.25) is 0 Å². The first-order valence-corrected chi connectivity index (χ1v) is 11.3. The summed E-state index contributed by atoms with van der Waals surface area (Å²) in [6.07, 6.45) is -0.252. The molecule has 1 amide bonds. The van der Waals surface area contributed by atoms with Crippen molar-refractivity contribution in [2.24, 2.45) is 0 Å². The van der Waals surface area contributed by atoms with Crippen molar-refractivity contribution in [2.75, 3.05) is 30.9 Å². The number of aliphatic hydroxyl groups is 1. The Morgan fingerprint density at radius 3 is 2.61 bits per heavy atom. The highest BCUT2D eigenvalue weighted by Gasteiger charge is 2.19. The Hall–Kier alpha value is -3.23. The number of amides is 1. The van der Waals surface area contributed by atoms with Crippen LogP contribution in [0, 0.1) is 0 Å². The Morgan fingerprint density at radius 1 is 1.00 bits per heavy atom. The number of hydrogen-bond donors (Lipinski definition) is 3. The molecule has 0 aliphatic heterocycles. The van der Waals surface area contributed by atoms with Crippen LogP contribution in [-0.2, 0) is 14.3 Å². The number of aliphatic hydroxyl groups excluding tert-OH is 1. The summed E-state index contributed by atoms with van der Waals surface area (Å²) in [5.74, 6) is 0.174. The highest BCUT2D eigenvalue weighted by molar-refractivity contribution is 7.81. The van der Waals surface area contributed by atoms with Crippen LogP contribution in [0.25, 0.3) is 10.8 Å². The zero-order chi connectivity index (χ0) is 23.5. The topological polar surface area (TPSA) is 94.1 Å². The molecule has 8 heteroatoms. The van der Waals surface area contributed by atoms with E-state index in [4.69, 9.17) is 19.3 Å². The summed E-state index contributed by atoms with van der Waals surface area (Å²) in [7, 11) is 0. The largest absolute Gasteiger partial charge is 0.491 e. The second-order valence-corrected chi connectivity index (χ2v) is 7.53. The molecule has 0 aromatic heterocycles. The normalized spacial score (nSPS) is 11.6. The lowest BCUT2D eigenvalue weighted by Gasteiger charge is -2.20. The molecular weight excluding hydrogens is 442 g/mol. The summed E-state index contributed by atoms with van der Waals surface area (Å²) < 4.78 is 16.3. The maximum absolute atomic E-state index is 12.8. The maximum atomic E-state index is 12.8. The van der Waals surface area contributed by atoms with E-state index in [1.54, 1.807) is 18.2 Å². The Kier molecular flexibility index (Phi) is 9.41. The lowest BCUT2D eigenvalue weighted by Crippen LogP contribution is -2.18. The zero-order valence-corrected chi connectivity index (χ0v) is 19.0. The molecule has 0 aliphatic rings. The second kappa shape index (κ2) is 12.7. The van der Waals surface area contributed by atoms with Crippen LogP contribution in [0.3, 0.4) is 0 Å². The first-order chi connectivity index (χ1) is 16.1. The minimum atomic E-state index is -0.592. The van der Waals surface area contributed by atoms with Crippen LogP contribution >= 0.6 is 12.6 Å². The van der Waals surface area contributed by atoms with E-state index in [1.165, 1.54) is 0 Å². The third-order valence-corrected chi connectivity index (χ3v) is 5.13. The van der Waals surface area contributed by atoms with E-state index >= 15 is 0 Å². The number of benzene rings is 3. The van der Waals surface area contributed by atoms with Gasteiger partial charge in [-0.15, -0.1) is 0 Å². The number of fused-ring (bicyclic) bond motifs is 1. The fourth-order valence-corrected chi connectivity index (χ4v) is 3.46. The van der Waals surface area contributed by atoms with Crippen molar-refractivity contribution in [3.63, 3.8) is 0 Å². The van der Waals surface area contributed by atoms with Gasteiger partial charge in [-0.1, -0.05) is 48.5 Å². The number of ether oxygens (including phenoxy) is 3. The van der Waals surface area contributed by atoms with Crippen LogP contribution < -0.4 is 10.1 Å². The number of carbonyl (C=O) groups excluding carboxylic acids is 2. The van der Waals surface area contributed by atoms with Gasteiger partial charge < -0.3 is 19.3 Å². The van der Waals surface area contributed by atoms with E-state index in [9.17, 15) is 9.59 Å². The van der Waals surface area contributed by atoms with Crippen molar-refractivity contribution in [1.82, 2.24) is 0 Å². The number of carbonyl (C=O) groups is 2. The Balaban J connectivity index is 1.72. The van der Waals surface area contributed by atoms with Crippen molar-refractivity contribution in [1.29, 1.82) is 0 Å². The minimum absolute atomic E-state index is 0.0115. The third kappa shape index (κ3) is 7.40. The fraction of sp³-hybridized carbons (Fsp3) is 0.280. The Bertz CT molecular complexity index is 1070. The minimum Gasteiger partial charge on any atom is -0.491 e. The van der Waals surface area contributed by atoms with Gasteiger partial charge in [0.2, 0.25) is 0 Å². The summed E-state index contributed by atoms with van der Waals surface area (Å²) in [4.78, 5) is 24.1. The van der Waals surface area contributed by atoms with Crippen molar-refractivity contribution in [2.45, 2.75) is 18.9 Å². The van der Waals surface area contributed by atoms with Gasteiger partial charge in [-0.3, -0.25) is 10.1 Å². The van der Waals surface area contributed by atoms with Gasteiger partial charge in [0.1, 0.15) is 18.5 Å². The van der Waals surface area contributed by atoms with E-state index in [-0.39, 0.29) is 25.6 Å². The van der Waals surface area contributed by atoms with Gasteiger partial charge in [0, 0.05) is 5.39 Å². The molecule has 0 spiro atoms. The van der Waals surface area contributed by atoms with Crippen LogP contribution in [0.1, 0.15) is 24.5 Å². The molecule has 7 nitrogen and oxygen atoms in total. The third-order valence-electron chi connectivity index (χ3n) is 4.87. The van der Waals surface area contributed by atoms with Crippen LogP contribution in [-0.4, -0.2) is 42.7 Å². The van der Waals surface area contributed by atoms with E-state index in [1.807, 2.05) is 48.5 Å². The van der Waals surface area contributed by atoms with Gasteiger partial charge in [0.05, 0.1) is 24.7 Å². The summed E-state index contributed by atoms with van der Waals surface area (Å²) in [6.45, 7) is 0.259. The number of hydrogen-bond acceptors (Lipinski definition) is 7. The lowest BCUT2D eigenvalue weighted by molar-refractivity contribution is -0.140. The van der Waals surface area contributed by atoms with Gasteiger partial charge in [0.15, 0.2) is 0 Å². The SMILES string of the molecule is O=C(CS)OCCC[C@@H](OC(=O)Nc1cccc2ccccc12)c1cccc(OCCO)c1. The maximum Gasteiger partial charge on any atom is 0.412 e. The predicted octanol–water partition coefficient (Wildman–Crippen LogP) is 4.75. The molecule has 0 radical (unpaired) electrons. The van der Waals surface area contributed by atoms with Crippen molar-refractivity contribution in [3.8, 4) is 5.75 Å². The van der Waals surface area contributed by atoms with E-state index in [0.29, 0.717) is 24.3 Å². The summed E-state index contributed by atoms with van der Waals surface area (Å²) in [5.41, 5.74) is 1.39. The lowest BCUT2D eigenvalue weighted by atomic mass is 10.0. The molecule has 0 fully saturated rings. The zero-order valence-electron chi connectivity index (χ0n) is 18.1. The highest BCUT2D eigenvalue weighted by atomic mass is 32.1. The van der Waals surface area contributed by atoms with Crippen molar-refractivity contribution < 1.29 is 28.9 Å². The average molecular weight is 470 g/mol. The number of thiol groups is 1. The number of nitrogens with one attached hydrogen (secondary N) is 1. The first kappa shape index (κ1) is 24.4. The molecule has 1 atom stereocenters. The monoisotopic (exact) mass is 469 g/mol. The molecule has 0 unspecified atom stereocenters. The quantitative estimate of drug-likeness (QED) is 0.213. The van der Waals surface area contributed by atoms with E-state index in [2.05, 4.69) is 17.9 Å². The summed E-state index contributed by atoms with van der Waals surface area (Å²) in [6, 6.07) is 20.6. The molecule has 0 aliphatic carbocycles. The van der Waals surface area contributed by atoms with E-state index < -0.39 is 18.2 Å². The summed E-state index contributed by atoms with van der Waals surface area (Å²) in [5, 5.41) is 13.7. The second-order valence-electron chi connectivity index (χ2n) is 7.21. The van der Waals surface area contributed by atoms with Crippen LogP contribution in [0.5, 0.6) is 5.75 Å². The van der Waals surface area contributed by atoms with Crippen LogP contribution in [0.15, 0.2) is 66.7 Å². The van der Waals surface area contributed by atoms with Crippen molar-refractivity contribution >= 4 is 41.2 Å². The fourth-order valence-electron chi connectivity index (χ4n) is 3.37. The molecule has 2 N–H and O–H groups in total. The van der Waals surface area contributed by atoms with E-state index in [0.717, 1.165) is 16.3 Å². The molecule has 3 rings (SSSR count). The Morgan fingerprint density at radius 2 is 1.79 bits per heavy atom. The molecule has 3 aromatic rings. The van der Waals surface area contributed by atoms with Gasteiger partial charge in [0.25, 0.3) is 0 Å². The smallest absolute Gasteiger partial charge is 0.412 e. The van der Waals surface area contributed by atoms with Crippen molar-refractivity contribution in [3.05, 3.63) is 72.3 Å². The summed E-state index contributed by atoms with van der Waals surface area (Å²) >= 11 is 3.89. The van der Waals surface area contributed by atoms with Gasteiger partial charge >= 0.3 is 12.1 Å². The molecule has 0 saturated carbocycles. The van der Waals surface area contributed by atoms with Crippen LogP contribution in [0.4, 0.5) is 10.5 Å². The van der Waals surface area contributed by atoms with Gasteiger partial charge in [-0.05, 0) is 42.0 Å². The van der Waals surface area contributed by atoms with Gasteiger partial charge in [-0.25, -0.2) is 4.79 Å². The molecule has 0 heterocycles.